The van der Waals surface area contributed by atoms with Crippen molar-refractivity contribution in [2.45, 2.75) is 0 Å². The first-order chi connectivity index (χ1) is 31.2. The molecule has 4 nitrogen and oxygen atoms in total. The van der Waals surface area contributed by atoms with Gasteiger partial charge in [-0.1, -0.05) is 152 Å². The van der Waals surface area contributed by atoms with Crippen molar-refractivity contribution in [1.82, 2.24) is 19.1 Å². The van der Waals surface area contributed by atoms with E-state index in [2.05, 4.69) is 215 Å². The first kappa shape index (κ1) is 35.6. The van der Waals surface area contributed by atoms with Crippen molar-refractivity contribution < 1.29 is 0 Å². The number of nitrogens with zero attached hydrogens (tertiary/aromatic N) is 4. The molecule has 0 fully saturated rings. The van der Waals surface area contributed by atoms with Crippen LogP contribution in [0.4, 0.5) is 0 Å². The molecule has 0 saturated heterocycles. The molecule has 13 rings (SSSR count). The summed E-state index contributed by atoms with van der Waals surface area (Å²) in [6.45, 7) is 0. The van der Waals surface area contributed by atoms with Gasteiger partial charge in [-0.2, -0.15) is 0 Å². The van der Waals surface area contributed by atoms with Crippen LogP contribution in [0, 0.1) is 0 Å². The summed E-state index contributed by atoms with van der Waals surface area (Å²) in [5.41, 5.74) is 14.2. The molecule has 0 atom stereocenters. The third-order valence-electron chi connectivity index (χ3n) is 12.5. The summed E-state index contributed by atoms with van der Waals surface area (Å²) < 4.78 is 7.51. The van der Waals surface area contributed by atoms with Gasteiger partial charge in [-0.05, 0) is 77.9 Å². The molecule has 5 heteroatoms. The van der Waals surface area contributed by atoms with Crippen molar-refractivity contribution in [3.63, 3.8) is 0 Å². The van der Waals surface area contributed by atoms with Gasteiger partial charge in [0, 0.05) is 69.8 Å². The second-order valence-corrected chi connectivity index (χ2v) is 17.2. The molecule has 0 spiro atoms. The Morgan fingerprint density at radius 1 is 0.349 bits per heavy atom. The zero-order chi connectivity index (χ0) is 41.4. The average Bonchev–Trinajstić information content (AvgIpc) is 4.02. The summed E-state index contributed by atoms with van der Waals surface area (Å²) in [4.78, 5) is 10.5. The molecule has 0 unspecified atom stereocenters. The zero-order valence-electron chi connectivity index (χ0n) is 34.0. The minimum atomic E-state index is 0.693. The molecule has 4 heterocycles. The van der Waals surface area contributed by atoms with Crippen molar-refractivity contribution in [2.24, 2.45) is 0 Å². The highest BCUT2D eigenvalue weighted by molar-refractivity contribution is 7.26. The Balaban J connectivity index is 1.10. The van der Waals surface area contributed by atoms with E-state index in [-0.39, 0.29) is 0 Å². The Bertz CT molecular complexity index is 3840. The Kier molecular flexibility index (Phi) is 8.05. The molecule has 0 radical (unpaired) electrons. The molecular weight excluding hydrogens is 785 g/mol. The minimum absolute atomic E-state index is 0.693. The Hall–Kier alpha value is -8.12. The fraction of sp³-hybridized carbons (Fsp3) is 0. The van der Waals surface area contributed by atoms with E-state index in [1.165, 1.54) is 58.5 Å². The Morgan fingerprint density at radius 2 is 0.952 bits per heavy atom. The molecule has 0 saturated carbocycles. The van der Waals surface area contributed by atoms with Crippen LogP contribution in [0.2, 0.25) is 0 Å². The molecule has 0 aliphatic rings. The Morgan fingerprint density at radius 3 is 1.73 bits per heavy atom. The first-order valence-corrected chi connectivity index (χ1v) is 22.1. The lowest BCUT2D eigenvalue weighted by Crippen LogP contribution is -1.97. The first-order valence-electron chi connectivity index (χ1n) is 21.3. The third-order valence-corrected chi connectivity index (χ3v) is 13.7. The molecule has 294 valence electrons. The molecule has 4 aromatic heterocycles. The lowest BCUT2D eigenvalue weighted by Gasteiger charge is -2.12. The maximum atomic E-state index is 5.24. The van der Waals surface area contributed by atoms with Crippen LogP contribution in [0.3, 0.4) is 0 Å². The predicted molar refractivity (Wildman–Crippen MR) is 265 cm³/mol. The van der Waals surface area contributed by atoms with E-state index < -0.39 is 0 Å². The molecule has 0 aliphatic heterocycles. The summed E-state index contributed by atoms with van der Waals surface area (Å²) >= 11 is 1.87. The number of thiophene rings is 1. The number of aromatic nitrogens is 4. The van der Waals surface area contributed by atoms with Gasteiger partial charge in [0.15, 0.2) is 5.82 Å². The van der Waals surface area contributed by atoms with Gasteiger partial charge in [0.25, 0.3) is 0 Å². The number of para-hydroxylation sites is 2. The highest BCUT2D eigenvalue weighted by Gasteiger charge is 2.22. The van der Waals surface area contributed by atoms with Crippen LogP contribution in [-0.2, 0) is 0 Å². The molecule has 0 bridgehead atoms. The van der Waals surface area contributed by atoms with Gasteiger partial charge >= 0.3 is 0 Å². The van der Waals surface area contributed by atoms with Crippen LogP contribution in [-0.4, -0.2) is 19.1 Å². The quantitative estimate of drug-likeness (QED) is 0.167. The number of rotatable bonds is 6. The van der Waals surface area contributed by atoms with E-state index >= 15 is 0 Å². The molecule has 0 amide bonds. The lowest BCUT2D eigenvalue weighted by molar-refractivity contribution is 1.17. The van der Waals surface area contributed by atoms with Crippen molar-refractivity contribution in [3.8, 4) is 56.4 Å². The van der Waals surface area contributed by atoms with E-state index in [9.17, 15) is 0 Å². The van der Waals surface area contributed by atoms with E-state index in [1.54, 1.807) is 0 Å². The van der Waals surface area contributed by atoms with Gasteiger partial charge in [-0.25, -0.2) is 9.97 Å². The van der Waals surface area contributed by atoms with E-state index in [1.807, 2.05) is 23.5 Å². The highest BCUT2D eigenvalue weighted by Crippen LogP contribution is 2.45. The van der Waals surface area contributed by atoms with Crippen molar-refractivity contribution in [2.75, 3.05) is 0 Å². The van der Waals surface area contributed by atoms with Crippen LogP contribution >= 0.6 is 11.3 Å². The SMILES string of the molecule is c1ccc(-c2cc(-c3ccccc3)nc(-c3ccc4c(c3)c3ccc5c(c6ccccc6n5-c5ccccc5)c3n4-c3cccc(-c4cccc5c4sc4ccccc45)c3)n2)cc1. The summed E-state index contributed by atoms with van der Waals surface area (Å²) in [5, 5.41) is 7.36. The number of fused-ring (bicyclic) bond motifs is 10. The minimum Gasteiger partial charge on any atom is -0.309 e. The van der Waals surface area contributed by atoms with Crippen LogP contribution < -0.4 is 0 Å². The van der Waals surface area contributed by atoms with Gasteiger partial charge in [0.05, 0.1) is 33.5 Å². The van der Waals surface area contributed by atoms with Crippen molar-refractivity contribution in [1.29, 1.82) is 0 Å². The zero-order valence-corrected chi connectivity index (χ0v) is 34.8. The number of hydrogen-bond acceptors (Lipinski definition) is 3. The van der Waals surface area contributed by atoms with Gasteiger partial charge in [-0.3, -0.25) is 0 Å². The summed E-state index contributed by atoms with van der Waals surface area (Å²) in [5.74, 6) is 0.693. The molecule has 0 N–H and O–H groups in total. The molecule has 0 aliphatic carbocycles. The predicted octanol–water partition coefficient (Wildman–Crippen LogP) is 15.7. The van der Waals surface area contributed by atoms with Crippen LogP contribution in [0.5, 0.6) is 0 Å². The number of hydrogen-bond donors (Lipinski definition) is 0. The fourth-order valence-electron chi connectivity index (χ4n) is 9.70. The topological polar surface area (TPSA) is 35.6 Å². The van der Waals surface area contributed by atoms with Crippen LogP contribution in [0.1, 0.15) is 0 Å². The molecule has 13 aromatic rings. The molecule has 9 aromatic carbocycles. The largest absolute Gasteiger partial charge is 0.309 e. The highest BCUT2D eigenvalue weighted by atomic mass is 32.1. The summed E-state index contributed by atoms with van der Waals surface area (Å²) in [6.07, 6.45) is 0. The normalized spacial score (nSPS) is 11.8. The average molecular weight is 821 g/mol. The van der Waals surface area contributed by atoms with E-state index in [4.69, 9.17) is 9.97 Å². The maximum Gasteiger partial charge on any atom is 0.160 e. The lowest BCUT2D eigenvalue weighted by atomic mass is 10.0. The van der Waals surface area contributed by atoms with Gasteiger partial charge in [0.1, 0.15) is 0 Å². The Labute approximate surface area is 367 Å². The fourth-order valence-corrected chi connectivity index (χ4v) is 10.9. The van der Waals surface area contributed by atoms with E-state index in [0.717, 1.165) is 55.9 Å². The van der Waals surface area contributed by atoms with Crippen LogP contribution in [0.15, 0.2) is 218 Å². The van der Waals surface area contributed by atoms with Gasteiger partial charge in [-0.15, -0.1) is 11.3 Å². The van der Waals surface area contributed by atoms with Crippen molar-refractivity contribution in [3.05, 3.63) is 218 Å². The second-order valence-electron chi connectivity index (χ2n) is 16.1. The monoisotopic (exact) mass is 820 g/mol. The molecule has 63 heavy (non-hydrogen) atoms. The van der Waals surface area contributed by atoms with Crippen LogP contribution in [0.25, 0.3) is 120 Å². The second kappa shape index (κ2) is 14.2. The van der Waals surface area contributed by atoms with Gasteiger partial charge < -0.3 is 9.13 Å². The maximum absolute atomic E-state index is 5.24. The standard InChI is InChI=1S/C58H36N4S/c1-4-16-37(17-5-1)49-36-50(38-18-6-2-7-19-38)60-58(59-49)40-30-32-52-48(35-40)45-31-33-53-55(47-25-10-12-28-51(47)61(53)41-21-8-3-9-22-41)56(45)62(52)42-23-14-20-39(34-42)43-26-15-27-46-44-24-11-13-29-54(44)63-57(43)46/h1-36H. The van der Waals surface area contributed by atoms with E-state index in [0.29, 0.717) is 5.82 Å². The summed E-state index contributed by atoms with van der Waals surface area (Å²) in [7, 11) is 0. The molecular formula is C58H36N4S. The van der Waals surface area contributed by atoms with Crippen molar-refractivity contribution >= 4 is 75.1 Å². The van der Waals surface area contributed by atoms with Gasteiger partial charge in [0.2, 0.25) is 0 Å². The smallest absolute Gasteiger partial charge is 0.160 e. The number of benzene rings is 9. The summed E-state index contributed by atoms with van der Waals surface area (Å²) in [6, 6.07) is 78.4. The third kappa shape index (κ3) is 5.67.